The van der Waals surface area contributed by atoms with E-state index < -0.39 is 24.4 Å². The van der Waals surface area contributed by atoms with E-state index in [1.54, 1.807) is 6.92 Å². The molecule has 0 saturated heterocycles. The summed E-state index contributed by atoms with van der Waals surface area (Å²) in [6.45, 7) is 1.16. The number of carboxylic acid groups (broad SMARTS) is 1. The quantitative estimate of drug-likeness (QED) is 0.843. The Hall–Kier alpha value is -2.38. The predicted molar refractivity (Wildman–Crippen MR) is 60.2 cm³/mol. The van der Waals surface area contributed by atoms with Gasteiger partial charge in [0, 0.05) is 17.5 Å². The number of aliphatic carboxylic acids is 1. The second-order valence-electron chi connectivity index (χ2n) is 4.11. The van der Waals surface area contributed by atoms with Crippen molar-refractivity contribution in [2.24, 2.45) is 0 Å². The summed E-state index contributed by atoms with van der Waals surface area (Å²) in [4.78, 5) is 17.7. The minimum Gasteiger partial charge on any atom is -0.548 e. The van der Waals surface area contributed by atoms with Crippen molar-refractivity contribution in [1.29, 1.82) is 0 Å². The van der Waals surface area contributed by atoms with Crippen LogP contribution < -0.4 is 5.11 Å². The Balaban J connectivity index is 2.42. The Morgan fingerprint density at radius 3 is 2.70 bits per heavy atom. The lowest BCUT2D eigenvalue weighted by Crippen LogP contribution is -2.27. The highest BCUT2D eigenvalue weighted by Gasteiger charge is 2.32. The van der Waals surface area contributed by atoms with Gasteiger partial charge in [-0.05, 0) is 19.1 Å². The zero-order valence-electron chi connectivity index (χ0n) is 10.3. The van der Waals surface area contributed by atoms with Crippen LogP contribution in [0.25, 0.3) is 11.3 Å². The molecule has 0 saturated carbocycles. The van der Waals surface area contributed by atoms with Gasteiger partial charge in [0.1, 0.15) is 5.69 Å². The molecule has 0 aliphatic rings. The van der Waals surface area contributed by atoms with E-state index in [1.807, 2.05) is 0 Å². The molecule has 5 nitrogen and oxygen atoms in total. The lowest BCUT2D eigenvalue weighted by molar-refractivity contribution is -0.306. The zero-order chi connectivity index (χ0) is 14.9. The smallest absolute Gasteiger partial charge is 0.433 e. The van der Waals surface area contributed by atoms with Crippen molar-refractivity contribution in [3.8, 4) is 11.3 Å². The summed E-state index contributed by atoms with van der Waals surface area (Å²) in [5.41, 5.74) is -0.0848. The SMILES string of the molecule is Cc1c(-c2ccnc(C(F)(F)F)c2)ncn1CC(=O)[O-]. The highest BCUT2D eigenvalue weighted by atomic mass is 19.4. The van der Waals surface area contributed by atoms with Gasteiger partial charge >= 0.3 is 6.18 Å². The molecule has 0 aromatic carbocycles. The summed E-state index contributed by atoms with van der Waals surface area (Å²) in [6.07, 6.45) is -2.26. The van der Waals surface area contributed by atoms with Crippen molar-refractivity contribution in [2.45, 2.75) is 19.6 Å². The van der Waals surface area contributed by atoms with E-state index in [2.05, 4.69) is 9.97 Å². The van der Waals surface area contributed by atoms with Crippen molar-refractivity contribution in [3.63, 3.8) is 0 Å². The Bertz CT molecular complexity index is 650. The van der Waals surface area contributed by atoms with E-state index >= 15 is 0 Å². The van der Waals surface area contributed by atoms with E-state index in [-0.39, 0.29) is 11.3 Å². The van der Waals surface area contributed by atoms with Gasteiger partial charge in [-0.25, -0.2) is 4.98 Å². The molecule has 2 heterocycles. The number of imidazole rings is 1. The molecule has 0 aliphatic heterocycles. The molecule has 0 atom stereocenters. The average molecular weight is 284 g/mol. The van der Waals surface area contributed by atoms with Crippen LogP contribution in [-0.2, 0) is 17.5 Å². The number of nitrogens with zero attached hydrogens (tertiary/aromatic N) is 3. The van der Waals surface area contributed by atoms with Gasteiger partial charge in [0.2, 0.25) is 0 Å². The molecule has 106 valence electrons. The van der Waals surface area contributed by atoms with E-state index in [0.29, 0.717) is 5.69 Å². The molecule has 2 aromatic heterocycles. The Kier molecular flexibility index (Phi) is 3.47. The molecule has 20 heavy (non-hydrogen) atoms. The molecule has 2 rings (SSSR count). The van der Waals surface area contributed by atoms with Crippen LogP contribution in [0.15, 0.2) is 24.7 Å². The number of aromatic nitrogens is 3. The van der Waals surface area contributed by atoms with E-state index in [1.165, 1.54) is 17.0 Å². The Morgan fingerprint density at radius 1 is 1.40 bits per heavy atom. The normalized spacial score (nSPS) is 11.6. The second-order valence-corrected chi connectivity index (χ2v) is 4.11. The molecule has 0 N–H and O–H groups in total. The summed E-state index contributed by atoms with van der Waals surface area (Å²) in [5.74, 6) is -1.30. The first-order chi connectivity index (χ1) is 9.29. The third-order valence-electron chi connectivity index (χ3n) is 2.72. The number of pyridine rings is 1. The fraction of sp³-hybridized carbons (Fsp3) is 0.250. The van der Waals surface area contributed by atoms with Gasteiger partial charge < -0.3 is 14.5 Å². The van der Waals surface area contributed by atoms with E-state index in [4.69, 9.17) is 0 Å². The van der Waals surface area contributed by atoms with Crippen LogP contribution in [0.4, 0.5) is 13.2 Å². The standard InChI is InChI=1S/C12H10F3N3O2/c1-7-11(17-6-18(7)5-10(19)20)8-2-3-16-9(4-8)12(13,14)15/h2-4,6H,5H2,1H3,(H,19,20)/p-1. The van der Waals surface area contributed by atoms with Crippen LogP contribution in [0.5, 0.6) is 0 Å². The molecular weight excluding hydrogens is 275 g/mol. The van der Waals surface area contributed by atoms with Crippen LogP contribution >= 0.6 is 0 Å². The number of alkyl halides is 3. The zero-order valence-corrected chi connectivity index (χ0v) is 10.3. The molecule has 0 fully saturated rings. The molecular formula is C12H9F3N3O2-. The van der Waals surface area contributed by atoms with Crippen LogP contribution in [-0.4, -0.2) is 20.5 Å². The van der Waals surface area contributed by atoms with Crippen molar-refractivity contribution in [2.75, 3.05) is 0 Å². The molecule has 0 radical (unpaired) electrons. The van der Waals surface area contributed by atoms with Gasteiger partial charge in [0.05, 0.1) is 24.5 Å². The topological polar surface area (TPSA) is 70.8 Å². The van der Waals surface area contributed by atoms with Gasteiger partial charge in [-0.2, -0.15) is 13.2 Å². The van der Waals surface area contributed by atoms with Crippen LogP contribution in [0, 0.1) is 6.92 Å². The lowest BCUT2D eigenvalue weighted by atomic mass is 10.1. The first-order valence-electron chi connectivity index (χ1n) is 5.54. The van der Waals surface area contributed by atoms with Gasteiger partial charge in [0.25, 0.3) is 0 Å². The summed E-state index contributed by atoms with van der Waals surface area (Å²) in [6, 6.07) is 2.26. The largest absolute Gasteiger partial charge is 0.548 e. The van der Waals surface area contributed by atoms with Gasteiger partial charge in [0.15, 0.2) is 0 Å². The van der Waals surface area contributed by atoms with Crippen molar-refractivity contribution in [1.82, 2.24) is 14.5 Å². The van der Waals surface area contributed by atoms with Crippen molar-refractivity contribution >= 4 is 5.97 Å². The number of carbonyl (C=O) groups excluding carboxylic acids is 1. The third-order valence-corrected chi connectivity index (χ3v) is 2.72. The summed E-state index contributed by atoms with van der Waals surface area (Å²) in [5, 5.41) is 10.5. The maximum Gasteiger partial charge on any atom is 0.433 e. The van der Waals surface area contributed by atoms with Crippen LogP contribution in [0.2, 0.25) is 0 Å². The lowest BCUT2D eigenvalue weighted by Gasteiger charge is -2.08. The van der Waals surface area contributed by atoms with Gasteiger partial charge in [-0.1, -0.05) is 0 Å². The van der Waals surface area contributed by atoms with E-state index in [9.17, 15) is 23.1 Å². The summed E-state index contributed by atoms with van der Waals surface area (Å²) in [7, 11) is 0. The Morgan fingerprint density at radius 2 is 2.10 bits per heavy atom. The minimum atomic E-state index is -4.54. The monoisotopic (exact) mass is 284 g/mol. The van der Waals surface area contributed by atoms with Crippen LogP contribution in [0.1, 0.15) is 11.4 Å². The first-order valence-corrected chi connectivity index (χ1v) is 5.54. The first kappa shape index (κ1) is 14.0. The van der Waals surface area contributed by atoms with Crippen LogP contribution in [0.3, 0.4) is 0 Å². The maximum atomic E-state index is 12.6. The molecule has 0 bridgehead atoms. The minimum absolute atomic E-state index is 0.224. The second kappa shape index (κ2) is 4.95. The van der Waals surface area contributed by atoms with Crippen molar-refractivity contribution < 1.29 is 23.1 Å². The third kappa shape index (κ3) is 2.79. The summed E-state index contributed by atoms with van der Waals surface area (Å²) < 4.78 is 39.1. The number of carboxylic acids is 1. The number of carbonyl (C=O) groups is 1. The fourth-order valence-corrected chi connectivity index (χ4v) is 1.76. The fourth-order valence-electron chi connectivity index (χ4n) is 1.76. The number of rotatable bonds is 3. The predicted octanol–water partition coefficient (Wildman–Crippen LogP) is 1.02. The van der Waals surface area contributed by atoms with Gasteiger partial charge in [-0.15, -0.1) is 0 Å². The molecule has 2 aromatic rings. The highest BCUT2D eigenvalue weighted by Crippen LogP contribution is 2.30. The molecule has 8 heteroatoms. The van der Waals surface area contributed by atoms with Crippen molar-refractivity contribution in [3.05, 3.63) is 36.0 Å². The number of hydrogen-bond acceptors (Lipinski definition) is 4. The maximum absolute atomic E-state index is 12.6. The molecule has 0 aliphatic carbocycles. The highest BCUT2D eigenvalue weighted by molar-refractivity contribution is 5.66. The molecule has 0 unspecified atom stereocenters. The number of hydrogen-bond donors (Lipinski definition) is 0. The average Bonchev–Trinajstić information content (AvgIpc) is 2.69. The molecule has 0 spiro atoms. The van der Waals surface area contributed by atoms with Gasteiger partial charge in [-0.3, -0.25) is 4.98 Å². The van der Waals surface area contributed by atoms with E-state index in [0.717, 1.165) is 12.3 Å². The Labute approximate surface area is 111 Å². The summed E-state index contributed by atoms with van der Waals surface area (Å²) >= 11 is 0. The number of halogens is 3. The molecule has 0 amide bonds.